The zero-order valence-electron chi connectivity index (χ0n) is 23.5. The molecule has 5 nitrogen and oxygen atoms in total. The van der Waals surface area contributed by atoms with Gasteiger partial charge in [0.05, 0.1) is 17.7 Å². The Morgan fingerprint density at radius 1 is 0.780 bits per heavy atom. The molecule has 4 aromatic carbocycles. The third-order valence-electron chi connectivity index (χ3n) is 7.52. The van der Waals surface area contributed by atoms with Crippen LogP contribution >= 0.6 is 0 Å². The maximum atomic E-state index is 13.9. The molecule has 0 radical (unpaired) electrons. The number of rotatable bonds is 12. The van der Waals surface area contributed by atoms with Gasteiger partial charge in [-0.25, -0.2) is 0 Å². The van der Waals surface area contributed by atoms with E-state index in [1.54, 1.807) is 0 Å². The molecule has 0 fully saturated rings. The number of fused-ring (bicyclic) bond motifs is 2. The molecule has 1 aliphatic heterocycles. The van der Waals surface area contributed by atoms with Crippen molar-refractivity contribution in [3.8, 4) is 11.5 Å². The summed E-state index contributed by atoms with van der Waals surface area (Å²) >= 11 is 0. The van der Waals surface area contributed by atoms with E-state index in [1.165, 1.54) is 5.56 Å². The molecule has 41 heavy (non-hydrogen) atoms. The zero-order valence-corrected chi connectivity index (χ0v) is 23.5. The lowest BCUT2D eigenvalue weighted by molar-refractivity contribution is -0.117. The Labute approximate surface area is 242 Å². The summed E-state index contributed by atoms with van der Waals surface area (Å²) in [6.07, 6.45) is 4.52. The van der Waals surface area contributed by atoms with Gasteiger partial charge in [-0.2, -0.15) is 0 Å². The predicted octanol–water partition coefficient (Wildman–Crippen LogP) is 6.42. The summed E-state index contributed by atoms with van der Waals surface area (Å²) in [4.78, 5) is 13.9. The minimum atomic E-state index is -0.792. The van der Waals surface area contributed by atoms with Gasteiger partial charge in [0, 0.05) is 23.7 Å². The van der Waals surface area contributed by atoms with Crippen LogP contribution in [0.4, 0.5) is 0 Å². The highest BCUT2D eigenvalue weighted by Gasteiger charge is 2.27. The van der Waals surface area contributed by atoms with Crippen LogP contribution in [0.15, 0.2) is 109 Å². The second-order valence-electron chi connectivity index (χ2n) is 10.6. The lowest BCUT2D eigenvalue weighted by atomic mass is 9.97. The lowest BCUT2D eigenvalue weighted by Crippen LogP contribution is -2.50. The van der Waals surface area contributed by atoms with Gasteiger partial charge in [0.1, 0.15) is 11.5 Å². The minimum absolute atomic E-state index is 0.232. The van der Waals surface area contributed by atoms with Crippen molar-refractivity contribution in [1.82, 2.24) is 10.6 Å². The summed E-state index contributed by atoms with van der Waals surface area (Å²) in [5, 5.41) is 18.3. The van der Waals surface area contributed by atoms with Gasteiger partial charge in [0.15, 0.2) is 0 Å². The van der Waals surface area contributed by atoms with Gasteiger partial charge >= 0.3 is 0 Å². The van der Waals surface area contributed by atoms with Gasteiger partial charge in [-0.05, 0) is 48.6 Å². The number of hydrogen-bond donors (Lipinski definition) is 3. The molecule has 1 unspecified atom stereocenters. The summed E-state index contributed by atoms with van der Waals surface area (Å²) in [6.45, 7) is 2.55. The van der Waals surface area contributed by atoms with Crippen molar-refractivity contribution in [2.24, 2.45) is 0 Å². The van der Waals surface area contributed by atoms with E-state index in [0.717, 1.165) is 36.0 Å². The molecule has 1 amide bonds. The van der Waals surface area contributed by atoms with Crippen molar-refractivity contribution >= 4 is 17.6 Å². The Morgan fingerprint density at radius 2 is 1.39 bits per heavy atom. The van der Waals surface area contributed by atoms with Gasteiger partial charge in [0.2, 0.25) is 0 Å². The highest BCUT2D eigenvalue weighted by atomic mass is 16.5. The molecule has 0 aliphatic carbocycles. The van der Waals surface area contributed by atoms with Crippen molar-refractivity contribution in [3.05, 3.63) is 131 Å². The molecule has 3 atom stereocenters. The monoisotopic (exact) mass is 546 g/mol. The predicted molar refractivity (Wildman–Crippen MR) is 166 cm³/mol. The number of nitrogens with one attached hydrogen (secondary N) is 2. The SMILES string of the molecule is CCCC(Cc1ccccc1)NC[C@H](O)[C@H](Cc1ccccc1)NC(=O)C1=Cc2ccccc2Oc2ccccc21. The zero-order chi connectivity index (χ0) is 28.4. The Bertz CT molecular complexity index is 1450. The number of aliphatic hydroxyl groups excluding tert-OH is 1. The fourth-order valence-corrected chi connectivity index (χ4v) is 5.36. The topological polar surface area (TPSA) is 70.6 Å². The van der Waals surface area contributed by atoms with Crippen LogP contribution in [0.2, 0.25) is 0 Å². The van der Waals surface area contributed by atoms with E-state index >= 15 is 0 Å². The van der Waals surface area contributed by atoms with Crippen LogP contribution in [0.25, 0.3) is 11.6 Å². The van der Waals surface area contributed by atoms with E-state index in [2.05, 4.69) is 41.8 Å². The molecule has 210 valence electrons. The highest BCUT2D eigenvalue weighted by Crippen LogP contribution is 2.37. The van der Waals surface area contributed by atoms with Crippen molar-refractivity contribution in [2.75, 3.05) is 6.54 Å². The van der Waals surface area contributed by atoms with E-state index in [4.69, 9.17) is 4.74 Å². The maximum Gasteiger partial charge on any atom is 0.252 e. The summed E-state index contributed by atoms with van der Waals surface area (Å²) in [7, 11) is 0. The molecule has 0 spiro atoms. The van der Waals surface area contributed by atoms with Crippen LogP contribution in [-0.4, -0.2) is 35.7 Å². The molecule has 0 bridgehead atoms. The number of benzene rings is 4. The smallest absolute Gasteiger partial charge is 0.252 e. The Balaban J connectivity index is 1.36. The first-order valence-corrected chi connectivity index (χ1v) is 14.5. The quantitative estimate of drug-likeness (QED) is 0.192. The number of carbonyl (C=O) groups excluding carboxylic acids is 1. The first-order valence-electron chi connectivity index (χ1n) is 14.5. The molecule has 1 aliphatic rings. The number of carbonyl (C=O) groups is 1. The van der Waals surface area contributed by atoms with Crippen molar-refractivity contribution in [3.63, 3.8) is 0 Å². The van der Waals surface area contributed by atoms with Gasteiger partial charge in [-0.1, -0.05) is 110 Å². The van der Waals surface area contributed by atoms with E-state index in [-0.39, 0.29) is 11.9 Å². The molecule has 0 saturated heterocycles. The second-order valence-corrected chi connectivity index (χ2v) is 10.6. The molecular weight excluding hydrogens is 508 g/mol. The normalized spacial score (nSPS) is 14.3. The van der Waals surface area contributed by atoms with Gasteiger partial charge in [-0.15, -0.1) is 0 Å². The summed E-state index contributed by atoms with van der Waals surface area (Å²) < 4.78 is 6.18. The van der Waals surface area contributed by atoms with Crippen LogP contribution < -0.4 is 15.4 Å². The molecule has 3 N–H and O–H groups in total. The summed E-state index contributed by atoms with van der Waals surface area (Å²) in [5.41, 5.74) is 4.38. The molecule has 5 rings (SSSR count). The van der Waals surface area contributed by atoms with Crippen molar-refractivity contribution in [1.29, 1.82) is 0 Å². The minimum Gasteiger partial charge on any atom is -0.456 e. The first-order chi connectivity index (χ1) is 20.1. The number of para-hydroxylation sites is 2. The average Bonchev–Trinajstić information content (AvgIpc) is 3.17. The first kappa shape index (κ1) is 28.3. The molecule has 5 heteroatoms. The summed E-state index contributed by atoms with van der Waals surface area (Å²) in [5.74, 6) is 1.09. The van der Waals surface area contributed by atoms with Crippen LogP contribution in [0.3, 0.4) is 0 Å². The summed E-state index contributed by atoms with van der Waals surface area (Å²) in [6, 6.07) is 35.4. The van der Waals surface area contributed by atoms with Crippen LogP contribution in [0.5, 0.6) is 11.5 Å². The Hall–Kier alpha value is -4.19. The van der Waals surface area contributed by atoms with Gasteiger partial charge in [-0.3, -0.25) is 4.79 Å². The van der Waals surface area contributed by atoms with E-state index < -0.39 is 12.1 Å². The molecule has 4 aromatic rings. The molecular formula is C36H38N2O3. The highest BCUT2D eigenvalue weighted by molar-refractivity contribution is 6.25. The van der Waals surface area contributed by atoms with Crippen molar-refractivity contribution < 1.29 is 14.6 Å². The maximum absolute atomic E-state index is 13.9. The molecule has 0 saturated carbocycles. The fourth-order valence-electron chi connectivity index (χ4n) is 5.36. The van der Waals surface area contributed by atoms with Crippen molar-refractivity contribution in [2.45, 2.75) is 50.8 Å². The third kappa shape index (κ3) is 7.51. The Kier molecular flexibility index (Phi) is 9.63. The Morgan fingerprint density at radius 3 is 2.10 bits per heavy atom. The third-order valence-corrected chi connectivity index (χ3v) is 7.52. The van der Waals surface area contributed by atoms with E-state index in [0.29, 0.717) is 30.0 Å². The van der Waals surface area contributed by atoms with Crippen LogP contribution in [0.1, 0.15) is 42.0 Å². The molecule has 0 aromatic heterocycles. The second kappa shape index (κ2) is 13.9. The number of amides is 1. The largest absolute Gasteiger partial charge is 0.456 e. The fraction of sp³-hybridized carbons (Fsp3) is 0.250. The van der Waals surface area contributed by atoms with E-state index in [1.807, 2.05) is 91.0 Å². The van der Waals surface area contributed by atoms with Crippen LogP contribution in [-0.2, 0) is 17.6 Å². The van der Waals surface area contributed by atoms with Gasteiger partial charge in [0.25, 0.3) is 5.91 Å². The standard InChI is InChI=1S/C36H38N2O3/c1-2-13-29(22-26-14-5-3-6-15-26)37-25-33(39)32(23-27-16-7-4-8-17-27)38-36(40)31-24-28-18-9-11-20-34(28)41-35-21-12-10-19-30(31)35/h3-12,14-21,24,29,32-33,37,39H,2,13,22-23,25H2,1H3,(H,38,40)/t29?,32-,33-/m0/s1. The van der Waals surface area contributed by atoms with E-state index in [9.17, 15) is 9.90 Å². The number of hydrogen-bond acceptors (Lipinski definition) is 4. The molecule has 1 heterocycles. The number of ether oxygens (including phenoxy) is 1. The van der Waals surface area contributed by atoms with Crippen LogP contribution in [0, 0.1) is 0 Å². The average molecular weight is 547 g/mol. The number of aliphatic hydroxyl groups is 1. The van der Waals surface area contributed by atoms with Gasteiger partial charge < -0.3 is 20.5 Å². The lowest BCUT2D eigenvalue weighted by Gasteiger charge is -2.27.